The zero-order chi connectivity index (χ0) is 14.4. The Morgan fingerprint density at radius 2 is 1.75 bits per heavy atom. The summed E-state index contributed by atoms with van der Waals surface area (Å²) >= 11 is 3.85. The maximum absolute atomic E-state index is 5.70. The van der Waals surface area contributed by atoms with E-state index in [1.807, 2.05) is 19.9 Å². The molecular formula is C17H25BrO2. The number of halogens is 1. The number of hydrogen-bond donors (Lipinski definition) is 0. The highest BCUT2D eigenvalue weighted by molar-refractivity contribution is 9.09. The molecule has 0 bridgehead atoms. The molecule has 1 unspecified atom stereocenters. The highest BCUT2D eigenvalue weighted by Gasteiger charge is 2.20. The van der Waals surface area contributed by atoms with E-state index in [2.05, 4.69) is 28.1 Å². The van der Waals surface area contributed by atoms with Crippen LogP contribution < -0.4 is 9.47 Å². The standard InChI is InChI=1S/C17H25BrO2/c1-3-19-16-10-9-14(12-17(16)20-4-2)15(18)11-13-7-5-6-8-13/h9-10,12-13,15H,3-8,11H2,1-2H3. The van der Waals surface area contributed by atoms with Gasteiger partial charge < -0.3 is 9.47 Å². The average molecular weight is 341 g/mol. The number of hydrogen-bond acceptors (Lipinski definition) is 2. The molecule has 3 heteroatoms. The normalized spacial score (nSPS) is 17.1. The van der Waals surface area contributed by atoms with Gasteiger partial charge in [0.2, 0.25) is 0 Å². The fourth-order valence-corrected chi connectivity index (χ4v) is 3.75. The minimum Gasteiger partial charge on any atom is -0.490 e. The van der Waals surface area contributed by atoms with Crippen LogP contribution in [0.15, 0.2) is 18.2 Å². The van der Waals surface area contributed by atoms with Crippen molar-refractivity contribution in [3.63, 3.8) is 0 Å². The van der Waals surface area contributed by atoms with Crippen LogP contribution in [-0.2, 0) is 0 Å². The van der Waals surface area contributed by atoms with Crippen LogP contribution in [0.5, 0.6) is 11.5 Å². The zero-order valence-electron chi connectivity index (χ0n) is 12.5. The second-order valence-electron chi connectivity index (χ2n) is 5.43. The smallest absolute Gasteiger partial charge is 0.161 e. The van der Waals surface area contributed by atoms with E-state index >= 15 is 0 Å². The summed E-state index contributed by atoms with van der Waals surface area (Å²) in [7, 11) is 0. The lowest BCUT2D eigenvalue weighted by molar-refractivity contribution is 0.287. The summed E-state index contributed by atoms with van der Waals surface area (Å²) < 4.78 is 11.3. The molecule has 112 valence electrons. The van der Waals surface area contributed by atoms with Gasteiger partial charge in [0, 0.05) is 4.83 Å². The van der Waals surface area contributed by atoms with Crippen LogP contribution in [0.2, 0.25) is 0 Å². The van der Waals surface area contributed by atoms with E-state index in [9.17, 15) is 0 Å². The summed E-state index contributed by atoms with van der Waals surface area (Å²) in [6, 6.07) is 6.32. The van der Waals surface area contributed by atoms with Crippen molar-refractivity contribution in [2.75, 3.05) is 13.2 Å². The van der Waals surface area contributed by atoms with Gasteiger partial charge in [0.05, 0.1) is 13.2 Å². The quantitative estimate of drug-likeness (QED) is 0.610. The first-order chi connectivity index (χ1) is 9.74. The number of alkyl halides is 1. The summed E-state index contributed by atoms with van der Waals surface area (Å²) in [5.41, 5.74) is 1.30. The molecule has 1 aromatic carbocycles. The third-order valence-electron chi connectivity index (χ3n) is 3.94. The predicted octanol–water partition coefficient (Wildman–Crippen LogP) is 5.50. The molecule has 0 aliphatic heterocycles. The lowest BCUT2D eigenvalue weighted by Crippen LogP contribution is -2.02. The molecule has 0 heterocycles. The maximum atomic E-state index is 5.70. The Balaban J connectivity index is 2.07. The van der Waals surface area contributed by atoms with E-state index in [0.29, 0.717) is 18.0 Å². The van der Waals surface area contributed by atoms with Crippen LogP contribution in [0.3, 0.4) is 0 Å². The molecule has 0 aromatic heterocycles. The summed E-state index contributed by atoms with van der Waals surface area (Å²) in [5, 5.41) is 0. The van der Waals surface area contributed by atoms with Gasteiger partial charge in [0.15, 0.2) is 11.5 Å². The van der Waals surface area contributed by atoms with Crippen molar-refractivity contribution in [3.8, 4) is 11.5 Å². The predicted molar refractivity (Wildman–Crippen MR) is 87.0 cm³/mol. The molecule has 0 radical (unpaired) electrons. The number of rotatable bonds is 7. The van der Waals surface area contributed by atoms with Crippen LogP contribution in [0.4, 0.5) is 0 Å². The van der Waals surface area contributed by atoms with Crippen LogP contribution in [0, 0.1) is 5.92 Å². The molecule has 1 saturated carbocycles. The second kappa shape index (κ2) is 7.92. The Labute approximate surface area is 131 Å². The fraction of sp³-hybridized carbons (Fsp3) is 0.647. The van der Waals surface area contributed by atoms with Crippen LogP contribution >= 0.6 is 15.9 Å². The van der Waals surface area contributed by atoms with Crippen molar-refractivity contribution in [2.45, 2.75) is 50.8 Å². The molecule has 0 saturated heterocycles. The molecule has 1 aliphatic rings. The first-order valence-corrected chi connectivity index (χ1v) is 8.69. The van der Waals surface area contributed by atoms with Crippen LogP contribution in [-0.4, -0.2) is 13.2 Å². The van der Waals surface area contributed by atoms with Gasteiger partial charge in [-0.05, 0) is 43.9 Å². The van der Waals surface area contributed by atoms with Gasteiger partial charge in [-0.15, -0.1) is 0 Å². The molecule has 2 nitrogen and oxygen atoms in total. The van der Waals surface area contributed by atoms with Crippen LogP contribution in [0.25, 0.3) is 0 Å². The molecule has 1 aromatic rings. The Morgan fingerprint density at radius 1 is 1.10 bits per heavy atom. The third kappa shape index (κ3) is 4.15. The molecule has 20 heavy (non-hydrogen) atoms. The molecule has 1 fully saturated rings. The van der Waals surface area contributed by atoms with Gasteiger partial charge in [0.1, 0.15) is 0 Å². The summed E-state index contributed by atoms with van der Waals surface area (Å²) in [4.78, 5) is 0.417. The van der Waals surface area contributed by atoms with Crippen molar-refractivity contribution < 1.29 is 9.47 Å². The minimum absolute atomic E-state index is 0.417. The van der Waals surface area contributed by atoms with Crippen molar-refractivity contribution >= 4 is 15.9 Å². The summed E-state index contributed by atoms with van der Waals surface area (Å²) in [5.74, 6) is 2.59. The highest BCUT2D eigenvalue weighted by atomic mass is 79.9. The highest BCUT2D eigenvalue weighted by Crippen LogP contribution is 2.39. The number of ether oxygens (including phenoxy) is 2. The molecular weight excluding hydrogens is 316 g/mol. The van der Waals surface area contributed by atoms with Gasteiger partial charge in [-0.2, -0.15) is 0 Å². The lowest BCUT2D eigenvalue weighted by Gasteiger charge is -2.17. The Bertz CT molecular complexity index is 413. The molecule has 1 aliphatic carbocycles. The zero-order valence-corrected chi connectivity index (χ0v) is 14.1. The van der Waals surface area contributed by atoms with Crippen molar-refractivity contribution in [2.24, 2.45) is 5.92 Å². The van der Waals surface area contributed by atoms with Gasteiger partial charge in [-0.1, -0.05) is 47.7 Å². The first-order valence-electron chi connectivity index (χ1n) is 7.78. The lowest BCUT2D eigenvalue weighted by atomic mass is 9.98. The second-order valence-corrected chi connectivity index (χ2v) is 6.53. The van der Waals surface area contributed by atoms with Gasteiger partial charge in [0.25, 0.3) is 0 Å². The van der Waals surface area contributed by atoms with E-state index in [1.54, 1.807) is 0 Å². The van der Waals surface area contributed by atoms with E-state index in [4.69, 9.17) is 9.47 Å². The molecule has 0 amide bonds. The summed E-state index contributed by atoms with van der Waals surface area (Å²) in [6.45, 7) is 5.34. The fourth-order valence-electron chi connectivity index (χ4n) is 2.94. The SMILES string of the molecule is CCOc1ccc(C(Br)CC2CCCC2)cc1OCC. The Morgan fingerprint density at radius 3 is 2.40 bits per heavy atom. The van der Waals surface area contributed by atoms with E-state index < -0.39 is 0 Å². The van der Waals surface area contributed by atoms with Gasteiger partial charge in [-0.25, -0.2) is 0 Å². The molecule has 0 spiro atoms. The summed E-state index contributed by atoms with van der Waals surface area (Å²) in [6.07, 6.45) is 6.80. The molecule has 0 N–H and O–H groups in total. The van der Waals surface area contributed by atoms with E-state index in [-0.39, 0.29) is 0 Å². The Hall–Kier alpha value is -0.700. The van der Waals surface area contributed by atoms with Gasteiger partial charge >= 0.3 is 0 Å². The van der Waals surface area contributed by atoms with Gasteiger partial charge in [-0.3, -0.25) is 0 Å². The molecule has 1 atom stereocenters. The van der Waals surface area contributed by atoms with Crippen molar-refractivity contribution in [1.29, 1.82) is 0 Å². The minimum atomic E-state index is 0.417. The first kappa shape index (κ1) is 15.7. The molecule has 2 rings (SSSR count). The van der Waals surface area contributed by atoms with E-state index in [1.165, 1.54) is 37.7 Å². The maximum Gasteiger partial charge on any atom is 0.161 e. The Kier molecular flexibility index (Phi) is 6.21. The monoisotopic (exact) mass is 340 g/mol. The third-order valence-corrected chi connectivity index (χ3v) is 4.85. The van der Waals surface area contributed by atoms with Crippen molar-refractivity contribution in [3.05, 3.63) is 23.8 Å². The van der Waals surface area contributed by atoms with E-state index in [0.717, 1.165) is 17.4 Å². The van der Waals surface area contributed by atoms with Crippen molar-refractivity contribution in [1.82, 2.24) is 0 Å². The number of benzene rings is 1. The average Bonchev–Trinajstić information content (AvgIpc) is 2.94. The topological polar surface area (TPSA) is 18.5 Å². The largest absolute Gasteiger partial charge is 0.490 e. The van der Waals surface area contributed by atoms with Crippen LogP contribution in [0.1, 0.15) is 56.3 Å².